The van der Waals surface area contributed by atoms with Crippen LogP contribution in [0.4, 0.5) is 5.69 Å². The van der Waals surface area contributed by atoms with E-state index >= 15 is 0 Å². The van der Waals surface area contributed by atoms with Crippen LogP contribution in [0.15, 0.2) is 8.95 Å². The van der Waals surface area contributed by atoms with Gasteiger partial charge in [-0.3, -0.25) is 0 Å². The summed E-state index contributed by atoms with van der Waals surface area (Å²) in [4.78, 5) is 0. The smallest absolute Gasteiger partial charge is 0.0502 e. The number of nitrogen functional groups attached to an aromatic ring is 1. The number of hydrogen-bond acceptors (Lipinski definition) is 1. The molecular formula is C9H11Br2N. The Kier molecular flexibility index (Phi) is 2.84. The van der Waals surface area contributed by atoms with Crippen LogP contribution in [0.3, 0.4) is 0 Å². The van der Waals surface area contributed by atoms with Crippen molar-refractivity contribution in [3.05, 3.63) is 25.6 Å². The fraction of sp³-hybridized carbons (Fsp3) is 0.333. The van der Waals surface area contributed by atoms with Crippen LogP contribution in [0.5, 0.6) is 0 Å². The van der Waals surface area contributed by atoms with E-state index in [1.54, 1.807) is 0 Å². The summed E-state index contributed by atoms with van der Waals surface area (Å²) >= 11 is 6.98. The van der Waals surface area contributed by atoms with Gasteiger partial charge in [0.25, 0.3) is 0 Å². The fourth-order valence-corrected chi connectivity index (χ4v) is 2.20. The van der Waals surface area contributed by atoms with Gasteiger partial charge in [-0.05, 0) is 53.4 Å². The summed E-state index contributed by atoms with van der Waals surface area (Å²) in [5, 5.41) is 0. The summed E-state index contributed by atoms with van der Waals surface area (Å²) in [6.45, 7) is 6.15. The molecule has 3 heteroatoms. The van der Waals surface area contributed by atoms with E-state index in [9.17, 15) is 0 Å². The number of benzene rings is 1. The van der Waals surface area contributed by atoms with Gasteiger partial charge in [0.2, 0.25) is 0 Å². The predicted molar refractivity (Wildman–Crippen MR) is 60.5 cm³/mol. The fourth-order valence-electron chi connectivity index (χ4n) is 1.10. The third-order valence-corrected chi connectivity index (χ3v) is 4.40. The average molecular weight is 293 g/mol. The molecule has 0 aromatic heterocycles. The molecule has 0 fully saturated rings. The van der Waals surface area contributed by atoms with Crippen LogP contribution in [0, 0.1) is 20.8 Å². The van der Waals surface area contributed by atoms with Crippen molar-refractivity contribution in [1.82, 2.24) is 0 Å². The van der Waals surface area contributed by atoms with Crippen molar-refractivity contribution < 1.29 is 0 Å². The van der Waals surface area contributed by atoms with Crippen LogP contribution in [0.1, 0.15) is 16.7 Å². The van der Waals surface area contributed by atoms with Crippen molar-refractivity contribution in [2.45, 2.75) is 20.8 Å². The van der Waals surface area contributed by atoms with Crippen LogP contribution < -0.4 is 5.73 Å². The molecule has 0 amide bonds. The highest BCUT2D eigenvalue weighted by Crippen LogP contribution is 2.35. The third-order valence-electron chi connectivity index (χ3n) is 2.19. The van der Waals surface area contributed by atoms with Gasteiger partial charge >= 0.3 is 0 Å². The molecule has 66 valence electrons. The van der Waals surface area contributed by atoms with Crippen molar-refractivity contribution in [3.63, 3.8) is 0 Å². The van der Waals surface area contributed by atoms with Gasteiger partial charge in [0.1, 0.15) is 0 Å². The first-order valence-corrected chi connectivity index (χ1v) is 5.25. The molecular weight excluding hydrogens is 282 g/mol. The molecule has 0 aliphatic heterocycles. The summed E-state index contributed by atoms with van der Waals surface area (Å²) in [5.41, 5.74) is 10.2. The average Bonchev–Trinajstić information content (AvgIpc) is 2.08. The second-order valence-corrected chi connectivity index (χ2v) is 4.50. The Hall–Kier alpha value is -0.0200. The first-order chi connectivity index (χ1) is 5.46. The minimum absolute atomic E-state index is 0.824. The van der Waals surface area contributed by atoms with Gasteiger partial charge < -0.3 is 5.73 Å². The minimum Gasteiger partial charge on any atom is -0.398 e. The van der Waals surface area contributed by atoms with E-state index in [1.165, 1.54) is 11.1 Å². The molecule has 0 spiro atoms. The van der Waals surface area contributed by atoms with E-state index < -0.39 is 0 Å². The SMILES string of the molecule is Cc1c(C)c(Br)c(N)c(C)c1Br. The van der Waals surface area contributed by atoms with Crippen LogP contribution in [-0.4, -0.2) is 0 Å². The van der Waals surface area contributed by atoms with Gasteiger partial charge in [-0.2, -0.15) is 0 Å². The molecule has 1 aromatic rings. The van der Waals surface area contributed by atoms with E-state index in [1.807, 2.05) is 6.92 Å². The quantitative estimate of drug-likeness (QED) is 0.725. The van der Waals surface area contributed by atoms with E-state index in [4.69, 9.17) is 5.73 Å². The van der Waals surface area contributed by atoms with Gasteiger partial charge in [0.05, 0.1) is 5.69 Å². The van der Waals surface area contributed by atoms with Crippen molar-refractivity contribution in [1.29, 1.82) is 0 Å². The topological polar surface area (TPSA) is 26.0 Å². The molecule has 0 aliphatic carbocycles. The van der Waals surface area contributed by atoms with E-state index in [2.05, 4.69) is 45.7 Å². The van der Waals surface area contributed by atoms with Gasteiger partial charge in [-0.15, -0.1) is 0 Å². The number of rotatable bonds is 0. The lowest BCUT2D eigenvalue weighted by Crippen LogP contribution is -1.97. The lowest BCUT2D eigenvalue weighted by molar-refractivity contribution is 1.25. The van der Waals surface area contributed by atoms with Gasteiger partial charge in [0.15, 0.2) is 0 Å². The standard InChI is InChI=1S/C9H11Br2N/c1-4-5(2)8(11)9(12)6(3)7(4)10/h12H2,1-3H3. The Morgan fingerprint density at radius 2 is 1.25 bits per heavy atom. The monoisotopic (exact) mass is 291 g/mol. The lowest BCUT2D eigenvalue weighted by atomic mass is 10.1. The Balaban J connectivity index is 3.60. The van der Waals surface area contributed by atoms with E-state index in [0.29, 0.717) is 0 Å². The van der Waals surface area contributed by atoms with Gasteiger partial charge in [0, 0.05) is 8.95 Å². The number of nitrogens with two attached hydrogens (primary N) is 1. The maximum absolute atomic E-state index is 5.88. The molecule has 0 bridgehead atoms. The highest BCUT2D eigenvalue weighted by atomic mass is 79.9. The third kappa shape index (κ3) is 1.40. The van der Waals surface area contributed by atoms with Crippen LogP contribution in [0.2, 0.25) is 0 Å². The van der Waals surface area contributed by atoms with E-state index in [0.717, 1.165) is 20.2 Å². The first-order valence-electron chi connectivity index (χ1n) is 3.67. The number of anilines is 1. The number of halogens is 2. The molecule has 1 rings (SSSR count). The Bertz CT molecular complexity index is 227. The maximum Gasteiger partial charge on any atom is 0.0502 e. The van der Waals surface area contributed by atoms with Crippen LogP contribution in [-0.2, 0) is 0 Å². The largest absolute Gasteiger partial charge is 0.398 e. The Morgan fingerprint density at radius 3 is 1.75 bits per heavy atom. The van der Waals surface area contributed by atoms with Gasteiger partial charge in [-0.25, -0.2) is 0 Å². The molecule has 0 atom stereocenters. The highest BCUT2D eigenvalue weighted by molar-refractivity contribution is 9.11. The Labute approximate surface area is 89.6 Å². The molecule has 0 saturated heterocycles. The zero-order valence-corrected chi connectivity index (χ0v) is 10.5. The molecule has 1 nitrogen and oxygen atoms in total. The maximum atomic E-state index is 5.88. The second kappa shape index (κ2) is 3.38. The number of hydrogen-bond donors (Lipinski definition) is 1. The van der Waals surface area contributed by atoms with Crippen LogP contribution >= 0.6 is 31.9 Å². The second-order valence-electron chi connectivity index (χ2n) is 2.92. The lowest BCUT2D eigenvalue weighted by Gasteiger charge is -2.12. The normalized spacial score (nSPS) is 10.4. The highest BCUT2D eigenvalue weighted by Gasteiger charge is 2.10. The molecule has 12 heavy (non-hydrogen) atoms. The molecule has 0 radical (unpaired) electrons. The summed E-state index contributed by atoms with van der Waals surface area (Å²) in [6.07, 6.45) is 0. The molecule has 0 heterocycles. The Morgan fingerprint density at radius 1 is 0.833 bits per heavy atom. The van der Waals surface area contributed by atoms with Crippen molar-refractivity contribution in [3.8, 4) is 0 Å². The van der Waals surface area contributed by atoms with Crippen molar-refractivity contribution in [2.24, 2.45) is 0 Å². The molecule has 0 aliphatic rings. The van der Waals surface area contributed by atoms with Crippen molar-refractivity contribution in [2.75, 3.05) is 5.73 Å². The zero-order valence-electron chi connectivity index (χ0n) is 7.33. The van der Waals surface area contributed by atoms with Crippen LogP contribution in [0.25, 0.3) is 0 Å². The molecule has 2 N–H and O–H groups in total. The summed E-state index contributed by atoms with van der Waals surface area (Å²) < 4.78 is 2.13. The summed E-state index contributed by atoms with van der Waals surface area (Å²) in [6, 6.07) is 0. The van der Waals surface area contributed by atoms with Crippen molar-refractivity contribution >= 4 is 37.5 Å². The summed E-state index contributed by atoms with van der Waals surface area (Å²) in [7, 11) is 0. The summed E-state index contributed by atoms with van der Waals surface area (Å²) in [5.74, 6) is 0. The molecule has 0 unspecified atom stereocenters. The zero-order chi connectivity index (χ0) is 9.46. The molecule has 1 aromatic carbocycles. The van der Waals surface area contributed by atoms with E-state index in [-0.39, 0.29) is 0 Å². The van der Waals surface area contributed by atoms with Gasteiger partial charge in [-0.1, -0.05) is 15.9 Å². The first kappa shape index (κ1) is 10.1. The molecule has 0 saturated carbocycles. The minimum atomic E-state index is 0.824. The predicted octanol–water partition coefficient (Wildman–Crippen LogP) is 3.72.